The first-order chi connectivity index (χ1) is 15.6. The van der Waals surface area contributed by atoms with Crippen LogP contribution in [0.1, 0.15) is 25.0 Å². The molecule has 0 fully saturated rings. The Morgan fingerprint density at radius 3 is 2.15 bits per heavy atom. The fourth-order valence-corrected chi connectivity index (χ4v) is 3.49. The van der Waals surface area contributed by atoms with E-state index in [1.165, 1.54) is 12.1 Å². The van der Waals surface area contributed by atoms with Gasteiger partial charge < -0.3 is 15.4 Å². The average molecular weight is 476 g/mol. The Balaban J connectivity index is 1.76. The normalized spacial score (nSPS) is 12.1. The van der Waals surface area contributed by atoms with E-state index in [0.29, 0.717) is 6.42 Å². The van der Waals surface area contributed by atoms with Gasteiger partial charge in [-0.1, -0.05) is 56.3 Å². The number of hydrogen-bond donors (Lipinski definition) is 3. The molecular formula is C23H29N3O6S. The van der Waals surface area contributed by atoms with Crippen molar-refractivity contribution in [2.75, 3.05) is 13.2 Å². The van der Waals surface area contributed by atoms with Gasteiger partial charge in [0, 0.05) is 6.54 Å². The van der Waals surface area contributed by atoms with Crippen molar-refractivity contribution in [3.8, 4) is 0 Å². The molecule has 9 nitrogen and oxygen atoms in total. The van der Waals surface area contributed by atoms with Crippen LogP contribution >= 0.6 is 0 Å². The molecule has 0 saturated carbocycles. The van der Waals surface area contributed by atoms with Crippen LogP contribution in [0.4, 0.5) is 0 Å². The zero-order valence-corrected chi connectivity index (χ0v) is 19.4. The lowest BCUT2D eigenvalue weighted by Gasteiger charge is -2.20. The summed E-state index contributed by atoms with van der Waals surface area (Å²) in [6, 6.07) is 14.3. The molecule has 0 aromatic heterocycles. The number of primary sulfonamides is 1. The smallest absolute Gasteiger partial charge is 0.329 e. The summed E-state index contributed by atoms with van der Waals surface area (Å²) in [5, 5.41) is 10.4. The van der Waals surface area contributed by atoms with E-state index in [9.17, 15) is 22.8 Å². The van der Waals surface area contributed by atoms with Crippen LogP contribution < -0.4 is 15.8 Å². The Morgan fingerprint density at radius 2 is 1.58 bits per heavy atom. The van der Waals surface area contributed by atoms with Crippen molar-refractivity contribution in [3.05, 3.63) is 65.7 Å². The number of rotatable bonds is 11. The molecule has 0 spiro atoms. The zero-order valence-electron chi connectivity index (χ0n) is 18.6. The van der Waals surface area contributed by atoms with E-state index in [1.54, 1.807) is 26.0 Å². The Morgan fingerprint density at radius 1 is 0.939 bits per heavy atom. The van der Waals surface area contributed by atoms with Crippen molar-refractivity contribution < 1.29 is 27.5 Å². The van der Waals surface area contributed by atoms with Crippen LogP contribution in [0.25, 0.3) is 0 Å². The monoisotopic (exact) mass is 475 g/mol. The maximum atomic E-state index is 12.4. The van der Waals surface area contributed by atoms with Gasteiger partial charge in [-0.25, -0.2) is 18.4 Å². The third kappa shape index (κ3) is 9.03. The number of hydrogen-bond acceptors (Lipinski definition) is 6. The molecule has 4 N–H and O–H groups in total. The van der Waals surface area contributed by atoms with Crippen LogP contribution in [0.15, 0.2) is 59.5 Å². The molecule has 0 saturated heterocycles. The van der Waals surface area contributed by atoms with E-state index in [0.717, 1.165) is 11.1 Å². The van der Waals surface area contributed by atoms with Gasteiger partial charge in [-0.2, -0.15) is 0 Å². The number of amides is 2. The number of nitrogens with one attached hydrogen (secondary N) is 2. The third-order valence-electron chi connectivity index (χ3n) is 4.78. The Kier molecular flexibility index (Phi) is 9.56. The molecule has 2 rings (SSSR count). The van der Waals surface area contributed by atoms with E-state index in [1.807, 2.05) is 30.3 Å². The fraction of sp³-hybridized carbons (Fsp3) is 0.348. The summed E-state index contributed by atoms with van der Waals surface area (Å²) in [4.78, 5) is 36.7. The van der Waals surface area contributed by atoms with Gasteiger partial charge >= 0.3 is 5.97 Å². The quantitative estimate of drug-likeness (QED) is 0.412. The lowest BCUT2D eigenvalue weighted by atomic mass is 10.0. The number of carbonyl (C=O) groups is 3. The minimum absolute atomic E-state index is 0.0118. The molecule has 0 aliphatic rings. The van der Waals surface area contributed by atoms with Gasteiger partial charge in [-0.05, 0) is 35.6 Å². The van der Waals surface area contributed by atoms with Crippen molar-refractivity contribution >= 4 is 27.8 Å². The number of ether oxygens (including phenoxy) is 1. The molecule has 178 valence electrons. The molecular weight excluding hydrogens is 446 g/mol. The molecule has 0 unspecified atom stereocenters. The summed E-state index contributed by atoms with van der Waals surface area (Å²) >= 11 is 0. The first kappa shape index (κ1) is 26.0. The largest absolute Gasteiger partial charge is 0.454 e. The number of benzene rings is 2. The molecule has 2 aromatic rings. The van der Waals surface area contributed by atoms with Crippen LogP contribution in [-0.4, -0.2) is 45.4 Å². The molecule has 0 heterocycles. The Hall–Kier alpha value is -3.24. The van der Waals surface area contributed by atoms with Crippen LogP contribution in [0.2, 0.25) is 0 Å². The molecule has 33 heavy (non-hydrogen) atoms. The number of nitrogens with two attached hydrogens (primary N) is 1. The van der Waals surface area contributed by atoms with E-state index in [-0.39, 0.29) is 29.7 Å². The topological polar surface area (TPSA) is 145 Å². The summed E-state index contributed by atoms with van der Waals surface area (Å²) in [6.07, 6.45) is 0.588. The molecule has 0 aliphatic carbocycles. The maximum Gasteiger partial charge on any atom is 0.329 e. The summed E-state index contributed by atoms with van der Waals surface area (Å²) in [7, 11) is -3.75. The fourth-order valence-electron chi connectivity index (χ4n) is 2.97. The van der Waals surface area contributed by atoms with Crippen molar-refractivity contribution in [1.82, 2.24) is 10.6 Å². The molecule has 10 heteroatoms. The summed E-state index contributed by atoms with van der Waals surface area (Å²) in [5.41, 5.74) is 1.63. The van der Waals surface area contributed by atoms with Crippen LogP contribution in [0.5, 0.6) is 0 Å². The lowest BCUT2D eigenvalue weighted by Crippen LogP contribution is -2.46. The Bertz CT molecular complexity index is 1050. The van der Waals surface area contributed by atoms with E-state index in [4.69, 9.17) is 9.88 Å². The second-order valence-corrected chi connectivity index (χ2v) is 9.41. The highest BCUT2D eigenvalue weighted by Gasteiger charge is 2.26. The Labute approximate surface area is 193 Å². The minimum Gasteiger partial charge on any atom is -0.454 e. The van der Waals surface area contributed by atoms with Crippen molar-refractivity contribution in [1.29, 1.82) is 0 Å². The highest BCUT2D eigenvalue weighted by atomic mass is 32.2. The van der Waals surface area contributed by atoms with Gasteiger partial charge in [0.05, 0.1) is 11.3 Å². The van der Waals surface area contributed by atoms with Crippen LogP contribution in [0.3, 0.4) is 0 Å². The molecule has 2 amide bonds. The molecule has 0 radical (unpaired) electrons. The SMILES string of the molecule is CC(C)[C@H](NC(=O)Cc1ccccc1)C(=O)OCC(=O)NCCc1ccc(S(N)(=O)=O)cc1. The molecule has 0 aliphatic heterocycles. The predicted molar refractivity (Wildman–Crippen MR) is 122 cm³/mol. The van der Waals surface area contributed by atoms with Gasteiger partial charge in [0.15, 0.2) is 6.61 Å². The predicted octanol–water partition coefficient (Wildman–Crippen LogP) is 0.919. The second-order valence-electron chi connectivity index (χ2n) is 7.85. The van der Waals surface area contributed by atoms with E-state index >= 15 is 0 Å². The van der Waals surface area contributed by atoms with Gasteiger partial charge in [-0.15, -0.1) is 0 Å². The summed E-state index contributed by atoms with van der Waals surface area (Å²) in [6.45, 7) is 3.35. The van der Waals surface area contributed by atoms with Gasteiger partial charge in [0.25, 0.3) is 5.91 Å². The third-order valence-corrected chi connectivity index (χ3v) is 5.71. The molecule has 1 atom stereocenters. The molecule has 2 aromatic carbocycles. The van der Waals surface area contributed by atoms with Crippen LogP contribution in [-0.2, 0) is 42.0 Å². The average Bonchev–Trinajstić information content (AvgIpc) is 2.76. The zero-order chi connectivity index (χ0) is 24.4. The highest BCUT2D eigenvalue weighted by molar-refractivity contribution is 7.89. The number of sulfonamides is 1. The number of esters is 1. The van der Waals surface area contributed by atoms with Crippen molar-refractivity contribution in [2.45, 2.75) is 37.6 Å². The van der Waals surface area contributed by atoms with Gasteiger partial charge in [-0.3, -0.25) is 9.59 Å². The highest BCUT2D eigenvalue weighted by Crippen LogP contribution is 2.09. The molecule has 0 bridgehead atoms. The first-order valence-electron chi connectivity index (χ1n) is 10.4. The summed E-state index contributed by atoms with van der Waals surface area (Å²) in [5.74, 6) is -1.70. The van der Waals surface area contributed by atoms with Crippen LogP contribution in [0, 0.1) is 5.92 Å². The van der Waals surface area contributed by atoms with Gasteiger partial charge in [0.2, 0.25) is 15.9 Å². The van der Waals surface area contributed by atoms with E-state index < -0.39 is 34.5 Å². The maximum absolute atomic E-state index is 12.4. The second kappa shape index (κ2) is 12.1. The minimum atomic E-state index is -3.75. The lowest BCUT2D eigenvalue weighted by molar-refractivity contribution is -0.152. The number of carbonyl (C=O) groups excluding carboxylic acids is 3. The van der Waals surface area contributed by atoms with Gasteiger partial charge in [0.1, 0.15) is 6.04 Å². The first-order valence-corrected chi connectivity index (χ1v) is 12.0. The standard InChI is InChI=1S/C23H29N3O6S/c1-16(2)22(26-20(27)14-18-6-4-3-5-7-18)23(29)32-15-21(28)25-13-12-17-8-10-19(11-9-17)33(24,30)31/h3-11,16,22H,12-15H2,1-2H3,(H,25,28)(H,26,27)(H2,24,30,31)/t22-/m0/s1. The summed E-state index contributed by atoms with van der Waals surface area (Å²) < 4.78 is 27.6. The van der Waals surface area contributed by atoms with E-state index in [2.05, 4.69) is 10.6 Å². The van der Waals surface area contributed by atoms with Crippen molar-refractivity contribution in [2.24, 2.45) is 11.1 Å². The van der Waals surface area contributed by atoms with Crippen molar-refractivity contribution in [3.63, 3.8) is 0 Å².